The van der Waals surface area contributed by atoms with Gasteiger partial charge in [0, 0.05) is 18.8 Å². The number of hydrogen-bond donors (Lipinski definition) is 3. The maximum absolute atomic E-state index is 12.9. The molecule has 9 fully saturated rings. The predicted molar refractivity (Wildman–Crippen MR) is 166 cm³/mol. The molecular weight excluding hydrogens is 604 g/mol. The van der Waals surface area contributed by atoms with Gasteiger partial charge in [0.2, 0.25) is 0 Å². The average molecular weight is 661 g/mol. The summed E-state index contributed by atoms with van der Waals surface area (Å²) < 4.78 is 38.4. The van der Waals surface area contributed by atoms with Crippen molar-refractivity contribution < 1.29 is 48.5 Å². The molecule has 9 aliphatic rings. The van der Waals surface area contributed by atoms with E-state index >= 15 is 0 Å². The van der Waals surface area contributed by atoms with E-state index in [0.717, 1.165) is 51.4 Å². The van der Waals surface area contributed by atoms with Gasteiger partial charge >= 0.3 is 5.97 Å². The van der Waals surface area contributed by atoms with Crippen LogP contribution in [0.5, 0.6) is 0 Å². The van der Waals surface area contributed by atoms with Crippen LogP contribution in [-0.4, -0.2) is 94.9 Å². The van der Waals surface area contributed by atoms with Crippen molar-refractivity contribution in [3.63, 3.8) is 0 Å². The van der Waals surface area contributed by atoms with Crippen molar-refractivity contribution in [3.05, 3.63) is 0 Å². The predicted octanol–water partition coefficient (Wildman–Crippen LogP) is 3.71. The number of epoxide rings is 1. The van der Waals surface area contributed by atoms with Crippen LogP contribution in [0, 0.1) is 50.7 Å². The topological polar surface area (TPSA) is 136 Å². The molecule has 4 aliphatic heterocycles. The molecule has 0 unspecified atom stereocenters. The molecule has 47 heavy (non-hydrogen) atoms. The van der Waals surface area contributed by atoms with Crippen molar-refractivity contribution in [1.82, 2.24) is 0 Å². The molecule has 0 aromatic rings. The minimum absolute atomic E-state index is 0.00697. The maximum Gasteiger partial charge on any atom is 0.302 e. The number of esters is 1. The number of aliphatic hydroxyl groups excluding tert-OH is 3. The summed E-state index contributed by atoms with van der Waals surface area (Å²) >= 11 is 0. The van der Waals surface area contributed by atoms with E-state index in [-0.39, 0.29) is 75.6 Å². The van der Waals surface area contributed by atoms with Gasteiger partial charge in [-0.15, -0.1) is 0 Å². The van der Waals surface area contributed by atoms with Gasteiger partial charge in [-0.3, -0.25) is 4.79 Å². The molecule has 5 saturated carbocycles. The molecule has 264 valence electrons. The van der Waals surface area contributed by atoms with Gasteiger partial charge in [-0.05, 0) is 97.2 Å². The first-order valence-electron chi connectivity index (χ1n) is 18.5. The highest BCUT2D eigenvalue weighted by atomic mass is 16.8. The molecule has 0 bridgehead atoms. The summed E-state index contributed by atoms with van der Waals surface area (Å²) in [5.74, 6) is 0.642. The number of aliphatic hydroxyl groups is 3. The van der Waals surface area contributed by atoms with E-state index in [9.17, 15) is 20.1 Å². The molecule has 0 amide bonds. The largest absolute Gasteiger partial charge is 0.462 e. The van der Waals surface area contributed by atoms with Gasteiger partial charge in [-0.2, -0.15) is 0 Å². The quantitative estimate of drug-likeness (QED) is 0.234. The van der Waals surface area contributed by atoms with Gasteiger partial charge in [0.1, 0.15) is 36.1 Å². The highest BCUT2D eigenvalue weighted by Crippen LogP contribution is 2.89. The van der Waals surface area contributed by atoms with Gasteiger partial charge in [0.15, 0.2) is 12.1 Å². The van der Waals surface area contributed by atoms with Crippen LogP contribution >= 0.6 is 0 Å². The molecule has 0 aromatic heterocycles. The van der Waals surface area contributed by atoms with Crippen molar-refractivity contribution in [3.8, 4) is 0 Å². The van der Waals surface area contributed by atoms with E-state index in [1.165, 1.54) is 0 Å². The van der Waals surface area contributed by atoms with Crippen molar-refractivity contribution in [2.45, 2.75) is 160 Å². The van der Waals surface area contributed by atoms with E-state index in [2.05, 4.69) is 41.5 Å². The summed E-state index contributed by atoms with van der Waals surface area (Å²) in [5, 5.41) is 31.0. The lowest BCUT2D eigenvalue weighted by Gasteiger charge is -2.65. The highest BCUT2D eigenvalue weighted by Gasteiger charge is 2.86. The number of fused-ring (bicyclic) bond motifs is 6. The Hall–Kier alpha value is -0.850. The standard InChI is InChI=1S/C37H56O10/c1-18-12-37(30-33(6,47-30)17-43-37)46-21-13-32(5)23-9-8-22-31(3,4)24(45-29-28(41)27(40)20(39)15-42-29)10-11-35(22)16-36(23,35)14-25(44-19(2)38)34(32,7)26(18)21/h18,20-30,39-41H,8-17H2,1-7H3/t18-,20-,21+,22+,23+,24+,25-,26+,27+,28-,29+,30+,32+,33-,34-,35-,36+,37+/m1/s1. The zero-order valence-electron chi connectivity index (χ0n) is 29.2. The second-order valence-electron chi connectivity index (χ2n) is 18.9. The van der Waals surface area contributed by atoms with Gasteiger partial charge in [-0.25, -0.2) is 0 Å². The Balaban J connectivity index is 1.03. The fourth-order valence-electron chi connectivity index (χ4n) is 14.6. The zero-order chi connectivity index (χ0) is 33.3. The first-order valence-corrected chi connectivity index (χ1v) is 18.5. The summed E-state index contributed by atoms with van der Waals surface area (Å²) in [6.07, 6.45) is 2.89. The summed E-state index contributed by atoms with van der Waals surface area (Å²) in [6, 6.07) is 0. The normalized spacial score (nSPS) is 62.8. The fourth-order valence-corrected chi connectivity index (χ4v) is 14.6. The van der Waals surface area contributed by atoms with Crippen molar-refractivity contribution in [1.29, 1.82) is 0 Å². The molecule has 10 heteroatoms. The molecule has 5 aliphatic carbocycles. The van der Waals surface area contributed by atoms with Gasteiger partial charge < -0.3 is 43.7 Å². The summed E-state index contributed by atoms with van der Waals surface area (Å²) in [6.45, 7) is 16.1. The van der Waals surface area contributed by atoms with Crippen LogP contribution in [0.15, 0.2) is 0 Å². The minimum Gasteiger partial charge on any atom is -0.462 e. The van der Waals surface area contributed by atoms with Crippen molar-refractivity contribution in [2.24, 2.45) is 50.7 Å². The highest BCUT2D eigenvalue weighted by molar-refractivity contribution is 5.66. The fraction of sp³-hybridized carbons (Fsp3) is 0.973. The van der Waals surface area contributed by atoms with Crippen LogP contribution < -0.4 is 0 Å². The monoisotopic (exact) mass is 660 g/mol. The molecule has 4 heterocycles. The van der Waals surface area contributed by atoms with E-state index in [4.69, 9.17) is 28.4 Å². The summed E-state index contributed by atoms with van der Waals surface area (Å²) in [5.41, 5.74) is -0.492. The van der Waals surface area contributed by atoms with Crippen LogP contribution in [-0.2, 0) is 33.2 Å². The van der Waals surface area contributed by atoms with E-state index in [1.807, 2.05) is 0 Å². The Labute approximate surface area is 278 Å². The van der Waals surface area contributed by atoms with Crippen LogP contribution in [0.3, 0.4) is 0 Å². The SMILES string of the molecule is CC(=O)O[C@@H]1C[C@@]23C[C@@]24CC[C@H](O[C@@H]2OC[C@@H](O)[C@H](O)[C@H]2O)C(C)(C)[C@@H]4CC[C@H]3[C@]2(C)C[C@@H]3O[C@]4(C[C@@H](C)[C@@H]3[C@@]12C)OC[C@@]1(C)O[C@H]41. The molecule has 3 spiro atoms. The molecule has 4 saturated heterocycles. The third kappa shape index (κ3) is 3.78. The molecule has 3 N–H and O–H groups in total. The van der Waals surface area contributed by atoms with E-state index < -0.39 is 30.4 Å². The second kappa shape index (κ2) is 9.52. The maximum atomic E-state index is 12.9. The minimum atomic E-state index is -1.29. The third-order valence-electron chi connectivity index (χ3n) is 16.6. The molecule has 10 nitrogen and oxygen atoms in total. The smallest absolute Gasteiger partial charge is 0.302 e. The third-order valence-corrected chi connectivity index (χ3v) is 16.6. The Bertz CT molecular complexity index is 1360. The van der Waals surface area contributed by atoms with Gasteiger partial charge in [0.05, 0.1) is 25.4 Å². The first-order chi connectivity index (χ1) is 22.0. The lowest BCUT2D eigenvalue weighted by atomic mass is 9.41. The lowest BCUT2D eigenvalue weighted by molar-refractivity contribution is -0.309. The zero-order valence-corrected chi connectivity index (χ0v) is 29.2. The van der Waals surface area contributed by atoms with E-state index in [1.54, 1.807) is 6.92 Å². The van der Waals surface area contributed by atoms with Gasteiger partial charge in [-0.1, -0.05) is 34.6 Å². The first kappa shape index (κ1) is 32.1. The van der Waals surface area contributed by atoms with Crippen LogP contribution in [0.25, 0.3) is 0 Å². The molecular formula is C37H56O10. The molecule has 0 radical (unpaired) electrons. The summed E-state index contributed by atoms with van der Waals surface area (Å²) in [7, 11) is 0. The number of rotatable bonds is 3. The van der Waals surface area contributed by atoms with E-state index in [0.29, 0.717) is 24.4 Å². The molecule has 9 rings (SSSR count). The Morgan fingerprint density at radius 2 is 1.62 bits per heavy atom. The Morgan fingerprint density at radius 3 is 2.30 bits per heavy atom. The number of ether oxygens (including phenoxy) is 6. The summed E-state index contributed by atoms with van der Waals surface area (Å²) in [4.78, 5) is 12.9. The van der Waals surface area contributed by atoms with Crippen LogP contribution in [0.2, 0.25) is 0 Å². The Kier molecular flexibility index (Phi) is 6.50. The van der Waals surface area contributed by atoms with Crippen LogP contribution in [0.1, 0.15) is 99.8 Å². The molecule has 0 aromatic carbocycles. The number of carbonyl (C=O) groups excluding carboxylic acids is 1. The van der Waals surface area contributed by atoms with Crippen molar-refractivity contribution in [2.75, 3.05) is 13.2 Å². The second-order valence-corrected chi connectivity index (χ2v) is 18.9. The molecule has 18 atom stereocenters. The number of carbonyl (C=O) groups is 1. The number of hydrogen-bond acceptors (Lipinski definition) is 10. The average Bonchev–Trinajstić information content (AvgIpc) is 3.81. The van der Waals surface area contributed by atoms with Gasteiger partial charge in [0.25, 0.3) is 0 Å². The lowest BCUT2D eigenvalue weighted by Crippen LogP contribution is -2.64. The Morgan fingerprint density at radius 1 is 0.872 bits per heavy atom. The van der Waals surface area contributed by atoms with Crippen LogP contribution in [0.4, 0.5) is 0 Å². The van der Waals surface area contributed by atoms with Crippen molar-refractivity contribution >= 4 is 5.97 Å².